The number of anilines is 2. The van der Waals surface area contributed by atoms with Crippen molar-refractivity contribution in [1.29, 1.82) is 0 Å². The summed E-state index contributed by atoms with van der Waals surface area (Å²) in [5, 5.41) is 16.6. The van der Waals surface area contributed by atoms with Gasteiger partial charge < -0.3 is 20.5 Å². The smallest absolute Gasteiger partial charge is 0.205 e. The molecule has 0 aliphatic heterocycles. The number of hydrogen-bond donors (Lipinski definition) is 3. The third-order valence-electron chi connectivity index (χ3n) is 2.78. The summed E-state index contributed by atoms with van der Waals surface area (Å²) in [6.07, 6.45) is 1.64. The maximum absolute atomic E-state index is 10.1. The molecule has 0 unspecified atom stereocenters. The minimum absolute atomic E-state index is 0.147. The molecular weight excluding hydrogens is 302 g/mol. The van der Waals surface area contributed by atoms with Crippen molar-refractivity contribution in [3.05, 3.63) is 28.6 Å². The van der Waals surface area contributed by atoms with Gasteiger partial charge >= 0.3 is 0 Å². The molecule has 2 rings (SSSR count). The molecule has 8 heteroatoms. The molecule has 118 valence electrons. The number of phenolic OH excluding ortho intramolecular Hbond substituents is 1. The van der Waals surface area contributed by atoms with Gasteiger partial charge in [-0.2, -0.15) is 5.10 Å². The van der Waals surface area contributed by atoms with Crippen LogP contribution in [0.1, 0.15) is 11.1 Å². The second-order valence-electron chi connectivity index (χ2n) is 4.92. The van der Waals surface area contributed by atoms with Gasteiger partial charge in [-0.05, 0) is 31.8 Å². The number of aromatic nitrogens is 1. The predicted molar refractivity (Wildman–Crippen MR) is 89.8 cm³/mol. The molecule has 0 amide bonds. The summed E-state index contributed by atoms with van der Waals surface area (Å²) >= 11 is 1.37. The van der Waals surface area contributed by atoms with Gasteiger partial charge in [0.2, 0.25) is 5.13 Å². The van der Waals surface area contributed by atoms with E-state index in [1.165, 1.54) is 18.4 Å². The zero-order valence-corrected chi connectivity index (χ0v) is 13.5. The lowest BCUT2D eigenvalue weighted by Crippen LogP contribution is -2.11. The number of phenols is 1. The summed E-state index contributed by atoms with van der Waals surface area (Å²) in [7, 11) is 5.38. The summed E-state index contributed by atoms with van der Waals surface area (Å²) in [5.41, 5.74) is 9.93. The molecule has 0 saturated carbocycles. The number of rotatable bonds is 6. The monoisotopic (exact) mass is 321 g/mol. The lowest BCUT2D eigenvalue weighted by Gasteiger charge is -2.14. The number of benzene rings is 1. The van der Waals surface area contributed by atoms with Crippen molar-refractivity contribution >= 4 is 28.5 Å². The molecule has 7 nitrogen and oxygen atoms in total. The van der Waals surface area contributed by atoms with Gasteiger partial charge in [-0.3, -0.25) is 5.43 Å². The molecule has 0 bridgehead atoms. The van der Waals surface area contributed by atoms with E-state index in [1.807, 2.05) is 25.1 Å². The second-order valence-corrected chi connectivity index (χ2v) is 5.77. The van der Waals surface area contributed by atoms with Crippen LogP contribution < -0.4 is 15.9 Å². The Morgan fingerprint density at radius 2 is 2.27 bits per heavy atom. The highest BCUT2D eigenvalue weighted by Crippen LogP contribution is 2.31. The zero-order chi connectivity index (χ0) is 16.1. The average Bonchev–Trinajstić information content (AvgIpc) is 2.87. The van der Waals surface area contributed by atoms with Crippen LogP contribution in [0.25, 0.3) is 0 Å². The van der Waals surface area contributed by atoms with E-state index in [9.17, 15) is 5.11 Å². The van der Waals surface area contributed by atoms with Crippen LogP contribution in [-0.4, -0.2) is 42.4 Å². The molecule has 22 heavy (non-hydrogen) atoms. The number of methoxy groups -OCH3 is 1. The first-order valence-electron chi connectivity index (χ1n) is 6.54. The highest BCUT2D eigenvalue weighted by atomic mass is 32.1. The average molecular weight is 321 g/mol. The topological polar surface area (TPSA) is 96.0 Å². The first-order chi connectivity index (χ1) is 10.5. The number of nitrogens with one attached hydrogen (secondary N) is 1. The third-order valence-corrected chi connectivity index (χ3v) is 3.54. The van der Waals surface area contributed by atoms with Gasteiger partial charge in [0.25, 0.3) is 0 Å². The van der Waals surface area contributed by atoms with Crippen LogP contribution >= 0.6 is 11.3 Å². The molecule has 0 atom stereocenters. The van der Waals surface area contributed by atoms with E-state index in [0.717, 1.165) is 11.1 Å². The molecule has 1 aromatic heterocycles. The van der Waals surface area contributed by atoms with Crippen LogP contribution in [0.4, 0.5) is 10.9 Å². The molecular formula is C14H19N5O2S. The maximum Gasteiger partial charge on any atom is 0.205 e. The SMILES string of the molecule is COc1cc(C=NNc2nc(N)cs2)cc(CN(C)C)c1O. The predicted octanol–water partition coefficient (Wildman–Crippen LogP) is 1.95. The van der Waals surface area contributed by atoms with Crippen molar-refractivity contribution in [1.82, 2.24) is 9.88 Å². The van der Waals surface area contributed by atoms with Gasteiger partial charge in [-0.15, -0.1) is 11.3 Å². The highest BCUT2D eigenvalue weighted by molar-refractivity contribution is 7.14. The Labute approximate surface area is 133 Å². The number of thiazole rings is 1. The van der Waals surface area contributed by atoms with Crippen LogP contribution in [0.15, 0.2) is 22.6 Å². The van der Waals surface area contributed by atoms with E-state index in [-0.39, 0.29) is 5.75 Å². The van der Waals surface area contributed by atoms with Crippen molar-refractivity contribution in [2.24, 2.45) is 5.10 Å². The molecule has 0 aliphatic rings. The molecule has 0 spiro atoms. The first-order valence-corrected chi connectivity index (χ1v) is 7.42. The number of hydrazone groups is 1. The first kappa shape index (κ1) is 16.1. The molecule has 1 aromatic carbocycles. The standard InChI is InChI=1S/C14H19N5O2S/c1-19(2)7-10-4-9(5-11(21-3)13(10)20)6-16-18-14-17-12(15)8-22-14/h4-6,8,20H,7,15H2,1-3H3,(H,17,18). The largest absolute Gasteiger partial charge is 0.504 e. The molecule has 0 fully saturated rings. The van der Waals surface area contributed by atoms with Gasteiger partial charge in [0.15, 0.2) is 11.5 Å². The number of hydrogen-bond acceptors (Lipinski definition) is 8. The van der Waals surface area contributed by atoms with Gasteiger partial charge in [-0.1, -0.05) is 0 Å². The Kier molecular flexibility index (Phi) is 5.18. The Hall–Kier alpha value is -2.32. The summed E-state index contributed by atoms with van der Waals surface area (Å²) in [6.45, 7) is 0.598. The number of nitrogen functional groups attached to an aromatic ring is 1. The van der Waals surface area contributed by atoms with Crippen LogP contribution in [-0.2, 0) is 6.54 Å². The van der Waals surface area contributed by atoms with Gasteiger partial charge in [0.05, 0.1) is 13.3 Å². The van der Waals surface area contributed by atoms with Crippen LogP contribution in [0, 0.1) is 0 Å². The van der Waals surface area contributed by atoms with Crippen molar-refractivity contribution in [2.75, 3.05) is 32.4 Å². The Bertz CT molecular complexity index is 669. The molecule has 0 aliphatic carbocycles. The lowest BCUT2D eigenvalue weighted by molar-refractivity contribution is 0.354. The summed E-state index contributed by atoms with van der Waals surface area (Å²) in [4.78, 5) is 6.01. The Morgan fingerprint density at radius 3 is 2.86 bits per heavy atom. The number of aromatic hydroxyl groups is 1. The van der Waals surface area contributed by atoms with Crippen molar-refractivity contribution in [2.45, 2.75) is 6.54 Å². The fourth-order valence-corrected chi connectivity index (χ4v) is 2.43. The molecule has 0 saturated heterocycles. The van der Waals surface area contributed by atoms with Crippen molar-refractivity contribution in [3.8, 4) is 11.5 Å². The van der Waals surface area contributed by atoms with Crippen LogP contribution in [0.3, 0.4) is 0 Å². The molecule has 4 N–H and O–H groups in total. The quantitative estimate of drug-likeness (QED) is 0.556. The fourth-order valence-electron chi connectivity index (χ4n) is 1.88. The minimum Gasteiger partial charge on any atom is -0.504 e. The highest BCUT2D eigenvalue weighted by Gasteiger charge is 2.10. The summed E-state index contributed by atoms with van der Waals surface area (Å²) in [5.74, 6) is 1.02. The zero-order valence-electron chi connectivity index (χ0n) is 12.7. The van der Waals surface area contributed by atoms with Crippen LogP contribution in [0.5, 0.6) is 11.5 Å². The van der Waals surface area contributed by atoms with Crippen molar-refractivity contribution in [3.63, 3.8) is 0 Å². The van der Waals surface area contributed by atoms with E-state index >= 15 is 0 Å². The van der Waals surface area contributed by atoms with Gasteiger partial charge in [0, 0.05) is 17.5 Å². The van der Waals surface area contributed by atoms with Gasteiger partial charge in [-0.25, -0.2) is 4.98 Å². The van der Waals surface area contributed by atoms with E-state index in [4.69, 9.17) is 10.5 Å². The summed E-state index contributed by atoms with van der Waals surface area (Å²) < 4.78 is 5.20. The lowest BCUT2D eigenvalue weighted by atomic mass is 10.1. The second kappa shape index (κ2) is 7.10. The minimum atomic E-state index is 0.147. The molecule has 1 heterocycles. The van der Waals surface area contributed by atoms with Crippen LogP contribution in [0.2, 0.25) is 0 Å². The van der Waals surface area contributed by atoms with Crippen molar-refractivity contribution < 1.29 is 9.84 Å². The van der Waals surface area contributed by atoms with E-state index in [0.29, 0.717) is 23.2 Å². The number of nitrogens with zero attached hydrogens (tertiary/aromatic N) is 3. The Morgan fingerprint density at radius 1 is 1.50 bits per heavy atom. The molecule has 2 aromatic rings. The number of ether oxygens (including phenoxy) is 1. The fraction of sp³-hybridized carbons (Fsp3) is 0.286. The van der Waals surface area contributed by atoms with E-state index in [1.54, 1.807) is 17.7 Å². The van der Waals surface area contributed by atoms with E-state index in [2.05, 4.69) is 15.5 Å². The third kappa shape index (κ3) is 4.09. The maximum atomic E-state index is 10.1. The molecule has 0 radical (unpaired) electrons. The Balaban J connectivity index is 2.18. The van der Waals surface area contributed by atoms with E-state index < -0.39 is 0 Å². The normalized spacial score (nSPS) is 11.3. The number of nitrogens with two attached hydrogens (primary N) is 1. The summed E-state index contributed by atoms with van der Waals surface area (Å²) in [6, 6.07) is 3.58. The van der Waals surface area contributed by atoms with Gasteiger partial charge in [0.1, 0.15) is 5.82 Å².